The summed E-state index contributed by atoms with van der Waals surface area (Å²) in [7, 11) is 1.66. The van der Waals surface area contributed by atoms with Gasteiger partial charge in [0.25, 0.3) is 0 Å². The van der Waals surface area contributed by atoms with E-state index in [0.717, 1.165) is 24.2 Å². The number of aliphatic hydroxyl groups excluding tert-OH is 1. The van der Waals surface area contributed by atoms with Crippen LogP contribution in [-0.4, -0.2) is 23.3 Å². The third-order valence-electron chi connectivity index (χ3n) is 3.41. The zero-order valence-corrected chi connectivity index (χ0v) is 12.0. The SMILES string of the molecule is COc1ccc(C)cc1CC(O)CCc1ccncc1. The van der Waals surface area contributed by atoms with Gasteiger partial charge in [-0.25, -0.2) is 0 Å². The molecule has 1 atom stereocenters. The minimum absolute atomic E-state index is 0.362. The highest BCUT2D eigenvalue weighted by Gasteiger charge is 2.10. The van der Waals surface area contributed by atoms with Crippen molar-refractivity contribution in [2.24, 2.45) is 0 Å². The van der Waals surface area contributed by atoms with Gasteiger partial charge in [-0.3, -0.25) is 4.98 Å². The molecule has 20 heavy (non-hydrogen) atoms. The molecule has 3 nitrogen and oxygen atoms in total. The van der Waals surface area contributed by atoms with Crippen LogP contribution in [0.25, 0.3) is 0 Å². The Labute approximate surface area is 120 Å². The zero-order valence-electron chi connectivity index (χ0n) is 12.0. The summed E-state index contributed by atoms with van der Waals surface area (Å²) in [5, 5.41) is 10.2. The van der Waals surface area contributed by atoms with Gasteiger partial charge in [-0.2, -0.15) is 0 Å². The van der Waals surface area contributed by atoms with Crippen LogP contribution < -0.4 is 4.74 Å². The molecular formula is C17H21NO2. The number of benzene rings is 1. The first kappa shape index (κ1) is 14.5. The van der Waals surface area contributed by atoms with Crippen molar-refractivity contribution in [1.29, 1.82) is 0 Å². The molecule has 0 fully saturated rings. The highest BCUT2D eigenvalue weighted by Crippen LogP contribution is 2.22. The number of hydrogen-bond donors (Lipinski definition) is 1. The molecule has 2 rings (SSSR count). The third kappa shape index (κ3) is 4.07. The second kappa shape index (κ2) is 7.06. The smallest absolute Gasteiger partial charge is 0.122 e. The number of rotatable bonds is 6. The van der Waals surface area contributed by atoms with Gasteiger partial charge >= 0.3 is 0 Å². The lowest BCUT2D eigenvalue weighted by Gasteiger charge is -2.14. The predicted octanol–water partition coefficient (Wildman–Crippen LogP) is 2.93. The summed E-state index contributed by atoms with van der Waals surface area (Å²) < 4.78 is 5.34. The molecular weight excluding hydrogens is 250 g/mol. The second-order valence-corrected chi connectivity index (χ2v) is 5.07. The molecule has 1 aromatic heterocycles. The Balaban J connectivity index is 1.94. The van der Waals surface area contributed by atoms with Gasteiger partial charge < -0.3 is 9.84 Å². The van der Waals surface area contributed by atoms with Crippen LogP contribution in [0.4, 0.5) is 0 Å². The fourth-order valence-electron chi connectivity index (χ4n) is 2.31. The molecule has 3 heteroatoms. The second-order valence-electron chi connectivity index (χ2n) is 5.07. The van der Waals surface area contributed by atoms with Gasteiger partial charge in [0.15, 0.2) is 0 Å². The van der Waals surface area contributed by atoms with Gasteiger partial charge in [0.2, 0.25) is 0 Å². The third-order valence-corrected chi connectivity index (χ3v) is 3.41. The van der Waals surface area contributed by atoms with Crippen molar-refractivity contribution in [3.63, 3.8) is 0 Å². The van der Waals surface area contributed by atoms with E-state index in [0.29, 0.717) is 6.42 Å². The monoisotopic (exact) mass is 271 g/mol. The first-order chi connectivity index (χ1) is 9.69. The van der Waals surface area contributed by atoms with Gasteiger partial charge in [-0.05, 0) is 49.1 Å². The molecule has 0 bridgehead atoms. The largest absolute Gasteiger partial charge is 0.496 e. The number of nitrogens with zero attached hydrogens (tertiary/aromatic N) is 1. The van der Waals surface area contributed by atoms with Gasteiger partial charge in [-0.1, -0.05) is 17.7 Å². The van der Waals surface area contributed by atoms with Crippen molar-refractivity contribution in [2.45, 2.75) is 32.3 Å². The molecule has 1 N–H and O–H groups in total. The van der Waals surface area contributed by atoms with Crippen LogP contribution in [0.2, 0.25) is 0 Å². The Hall–Kier alpha value is -1.87. The molecule has 106 valence electrons. The summed E-state index contributed by atoms with van der Waals surface area (Å²) in [5.41, 5.74) is 3.45. The average molecular weight is 271 g/mol. The summed E-state index contributed by atoms with van der Waals surface area (Å²) >= 11 is 0. The van der Waals surface area contributed by atoms with E-state index in [9.17, 15) is 5.11 Å². The zero-order chi connectivity index (χ0) is 14.4. The Morgan fingerprint density at radius 2 is 1.95 bits per heavy atom. The van der Waals surface area contributed by atoms with E-state index in [1.165, 1.54) is 11.1 Å². The van der Waals surface area contributed by atoms with Gasteiger partial charge in [0.05, 0.1) is 13.2 Å². The fraction of sp³-hybridized carbons (Fsp3) is 0.353. The van der Waals surface area contributed by atoms with Crippen molar-refractivity contribution in [1.82, 2.24) is 4.98 Å². The number of aryl methyl sites for hydroxylation is 2. The molecule has 0 spiro atoms. The maximum absolute atomic E-state index is 10.2. The van der Waals surface area contributed by atoms with E-state index in [4.69, 9.17) is 4.74 Å². The molecule has 0 aliphatic rings. The molecule has 2 aromatic rings. The average Bonchev–Trinajstić information content (AvgIpc) is 2.46. The Morgan fingerprint density at radius 3 is 2.65 bits per heavy atom. The summed E-state index contributed by atoms with van der Waals surface area (Å²) in [5.74, 6) is 0.846. The van der Waals surface area contributed by atoms with E-state index in [-0.39, 0.29) is 6.10 Å². The molecule has 0 amide bonds. The number of ether oxygens (including phenoxy) is 1. The molecule has 1 heterocycles. The predicted molar refractivity (Wildman–Crippen MR) is 80.0 cm³/mol. The summed E-state index contributed by atoms with van der Waals surface area (Å²) in [4.78, 5) is 3.99. The maximum Gasteiger partial charge on any atom is 0.122 e. The Morgan fingerprint density at radius 1 is 1.20 bits per heavy atom. The van der Waals surface area contributed by atoms with Gasteiger partial charge in [0, 0.05) is 18.8 Å². The normalized spacial score (nSPS) is 12.2. The van der Waals surface area contributed by atoms with Crippen LogP contribution in [0.15, 0.2) is 42.7 Å². The lowest BCUT2D eigenvalue weighted by molar-refractivity contribution is 0.164. The van der Waals surface area contributed by atoms with Crippen molar-refractivity contribution in [3.8, 4) is 5.75 Å². The number of hydrogen-bond acceptors (Lipinski definition) is 3. The lowest BCUT2D eigenvalue weighted by Crippen LogP contribution is -2.12. The molecule has 0 saturated carbocycles. The first-order valence-electron chi connectivity index (χ1n) is 6.89. The molecule has 0 saturated heterocycles. The highest BCUT2D eigenvalue weighted by atomic mass is 16.5. The summed E-state index contributed by atoms with van der Waals surface area (Å²) in [6.45, 7) is 2.05. The van der Waals surface area contributed by atoms with Gasteiger partial charge in [0.1, 0.15) is 5.75 Å². The van der Waals surface area contributed by atoms with Crippen LogP contribution in [0.1, 0.15) is 23.1 Å². The minimum Gasteiger partial charge on any atom is -0.496 e. The van der Waals surface area contributed by atoms with Crippen LogP contribution in [0.5, 0.6) is 5.75 Å². The Kier molecular flexibility index (Phi) is 5.13. The lowest BCUT2D eigenvalue weighted by atomic mass is 10.00. The molecule has 1 unspecified atom stereocenters. The molecule has 1 aromatic carbocycles. The topological polar surface area (TPSA) is 42.4 Å². The van der Waals surface area contributed by atoms with Crippen molar-refractivity contribution in [3.05, 3.63) is 59.4 Å². The minimum atomic E-state index is -0.362. The van der Waals surface area contributed by atoms with E-state index >= 15 is 0 Å². The quantitative estimate of drug-likeness (QED) is 0.878. The fourth-order valence-corrected chi connectivity index (χ4v) is 2.31. The molecule has 0 radical (unpaired) electrons. The van der Waals surface area contributed by atoms with Crippen LogP contribution in [-0.2, 0) is 12.8 Å². The first-order valence-corrected chi connectivity index (χ1v) is 6.89. The van der Waals surface area contributed by atoms with E-state index in [2.05, 4.69) is 11.1 Å². The van der Waals surface area contributed by atoms with Crippen LogP contribution >= 0.6 is 0 Å². The standard InChI is InChI=1S/C17H21NO2/c1-13-3-6-17(20-2)15(11-13)12-16(19)5-4-14-7-9-18-10-8-14/h3,6-11,16,19H,4-5,12H2,1-2H3. The van der Waals surface area contributed by atoms with E-state index < -0.39 is 0 Å². The van der Waals surface area contributed by atoms with Crippen LogP contribution in [0, 0.1) is 6.92 Å². The Bertz CT molecular complexity index is 540. The van der Waals surface area contributed by atoms with E-state index in [1.807, 2.05) is 31.2 Å². The summed E-state index contributed by atoms with van der Waals surface area (Å²) in [6, 6.07) is 10.0. The number of aromatic nitrogens is 1. The van der Waals surface area contributed by atoms with Crippen LogP contribution in [0.3, 0.4) is 0 Å². The number of aliphatic hydroxyl groups is 1. The van der Waals surface area contributed by atoms with Crippen molar-refractivity contribution < 1.29 is 9.84 Å². The number of pyridine rings is 1. The maximum atomic E-state index is 10.2. The van der Waals surface area contributed by atoms with Gasteiger partial charge in [-0.15, -0.1) is 0 Å². The van der Waals surface area contributed by atoms with E-state index in [1.54, 1.807) is 19.5 Å². The highest BCUT2D eigenvalue weighted by molar-refractivity contribution is 5.37. The molecule has 0 aliphatic heterocycles. The number of methoxy groups -OCH3 is 1. The van der Waals surface area contributed by atoms with Crippen molar-refractivity contribution in [2.75, 3.05) is 7.11 Å². The van der Waals surface area contributed by atoms with Crippen molar-refractivity contribution >= 4 is 0 Å². The molecule has 0 aliphatic carbocycles. The summed E-state index contributed by atoms with van der Waals surface area (Å²) in [6.07, 6.45) is 5.42.